The van der Waals surface area contributed by atoms with Crippen molar-refractivity contribution >= 4 is 17.8 Å². The van der Waals surface area contributed by atoms with Crippen molar-refractivity contribution in [3.8, 4) is 0 Å². The summed E-state index contributed by atoms with van der Waals surface area (Å²) in [5.74, 6) is 0.918. The third kappa shape index (κ3) is 3.69. The maximum Gasteiger partial charge on any atom is 0.284 e. The molecule has 130 valence electrons. The molecule has 1 aliphatic heterocycles. The number of nitrogens with zero attached hydrogens (tertiary/aromatic N) is 3. The molecular formula is C16H23N5O3. The van der Waals surface area contributed by atoms with Crippen molar-refractivity contribution < 1.29 is 14.0 Å². The van der Waals surface area contributed by atoms with Crippen LogP contribution in [0.4, 0.5) is 0 Å². The zero-order valence-corrected chi connectivity index (χ0v) is 13.8. The quantitative estimate of drug-likeness (QED) is 0.590. The lowest BCUT2D eigenvalue weighted by molar-refractivity contribution is -0.135. The summed E-state index contributed by atoms with van der Waals surface area (Å²) in [4.78, 5) is 31.8. The molecule has 1 saturated carbocycles. The summed E-state index contributed by atoms with van der Waals surface area (Å²) in [6, 6.07) is 3.68. The Bertz CT molecular complexity index is 650. The van der Waals surface area contributed by atoms with E-state index in [-0.39, 0.29) is 18.2 Å². The summed E-state index contributed by atoms with van der Waals surface area (Å²) in [6.07, 6.45) is 2.25. The highest BCUT2D eigenvalue weighted by Crippen LogP contribution is 2.28. The minimum Gasteiger partial charge on any atom is -0.454 e. The highest BCUT2D eigenvalue weighted by Gasteiger charge is 2.36. The molecule has 1 aliphatic carbocycles. The molecule has 1 aromatic rings. The van der Waals surface area contributed by atoms with E-state index in [1.807, 2.05) is 16.7 Å². The van der Waals surface area contributed by atoms with Gasteiger partial charge in [0.2, 0.25) is 5.91 Å². The van der Waals surface area contributed by atoms with E-state index in [0.29, 0.717) is 30.9 Å². The third-order valence-corrected chi connectivity index (χ3v) is 4.17. The van der Waals surface area contributed by atoms with Crippen molar-refractivity contribution in [2.45, 2.75) is 32.4 Å². The first-order valence-electron chi connectivity index (χ1n) is 8.29. The van der Waals surface area contributed by atoms with Crippen LogP contribution >= 0.6 is 0 Å². The van der Waals surface area contributed by atoms with Gasteiger partial charge in [-0.25, -0.2) is 4.99 Å². The number of amides is 2. The number of nitrogens with one attached hydrogen (secondary N) is 1. The zero-order valence-electron chi connectivity index (χ0n) is 13.8. The summed E-state index contributed by atoms with van der Waals surface area (Å²) in [7, 11) is 0. The number of hydrogen-bond donors (Lipinski definition) is 2. The highest BCUT2D eigenvalue weighted by atomic mass is 16.3. The van der Waals surface area contributed by atoms with E-state index in [2.05, 4.69) is 10.3 Å². The summed E-state index contributed by atoms with van der Waals surface area (Å²) < 4.78 is 5.34. The maximum absolute atomic E-state index is 12.3. The Morgan fingerprint density at radius 1 is 1.42 bits per heavy atom. The largest absolute Gasteiger partial charge is 0.454 e. The SMILES string of the molecule is CCNC(=NCc1ccc(C(N)=O)o1)N1CCN(C2CC2)C(=O)C1. The van der Waals surface area contributed by atoms with Gasteiger partial charge in [-0.1, -0.05) is 0 Å². The van der Waals surface area contributed by atoms with E-state index in [0.717, 1.165) is 25.9 Å². The molecule has 3 rings (SSSR count). The lowest BCUT2D eigenvalue weighted by atomic mass is 10.3. The first kappa shape index (κ1) is 16.4. The zero-order chi connectivity index (χ0) is 17.1. The normalized spacial score (nSPS) is 18.9. The molecule has 0 spiro atoms. The van der Waals surface area contributed by atoms with E-state index in [4.69, 9.17) is 10.2 Å². The summed E-state index contributed by atoms with van der Waals surface area (Å²) in [5, 5.41) is 3.20. The Hall–Kier alpha value is -2.51. The first-order chi connectivity index (χ1) is 11.6. The van der Waals surface area contributed by atoms with Crippen LogP contribution in [0.2, 0.25) is 0 Å². The molecule has 0 aromatic carbocycles. The molecule has 0 atom stereocenters. The van der Waals surface area contributed by atoms with Crippen LogP contribution in [-0.2, 0) is 11.3 Å². The second-order valence-corrected chi connectivity index (χ2v) is 6.04. The second-order valence-electron chi connectivity index (χ2n) is 6.04. The molecular weight excluding hydrogens is 310 g/mol. The predicted octanol–water partition coefficient (Wildman–Crippen LogP) is 0.151. The van der Waals surface area contributed by atoms with Gasteiger partial charge in [-0.3, -0.25) is 9.59 Å². The molecule has 0 unspecified atom stereocenters. The van der Waals surface area contributed by atoms with Crippen molar-refractivity contribution in [1.29, 1.82) is 0 Å². The lowest BCUT2D eigenvalue weighted by Crippen LogP contribution is -2.55. The number of guanidine groups is 1. The van der Waals surface area contributed by atoms with Crippen LogP contribution in [-0.4, -0.2) is 59.8 Å². The van der Waals surface area contributed by atoms with Crippen LogP contribution in [0.5, 0.6) is 0 Å². The van der Waals surface area contributed by atoms with E-state index in [1.165, 1.54) is 6.07 Å². The van der Waals surface area contributed by atoms with Gasteiger partial charge in [0.25, 0.3) is 5.91 Å². The van der Waals surface area contributed by atoms with Gasteiger partial charge in [-0.05, 0) is 31.9 Å². The van der Waals surface area contributed by atoms with E-state index < -0.39 is 5.91 Å². The topological polar surface area (TPSA) is 104 Å². The highest BCUT2D eigenvalue weighted by molar-refractivity contribution is 5.90. The minimum atomic E-state index is -0.598. The van der Waals surface area contributed by atoms with Gasteiger partial charge in [0.1, 0.15) is 12.3 Å². The number of hydrogen-bond acceptors (Lipinski definition) is 4. The van der Waals surface area contributed by atoms with E-state index in [1.54, 1.807) is 6.07 Å². The minimum absolute atomic E-state index is 0.124. The fourth-order valence-corrected chi connectivity index (χ4v) is 2.81. The smallest absolute Gasteiger partial charge is 0.284 e. The number of carbonyl (C=O) groups is 2. The van der Waals surface area contributed by atoms with Crippen LogP contribution in [0.15, 0.2) is 21.5 Å². The van der Waals surface area contributed by atoms with Crippen LogP contribution < -0.4 is 11.1 Å². The van der Waals surface area contributed by atoms with Crippen LogP contribution in [0.1, 0.15) is 36.1 Å². The fraction of sp³-hybridized carbons (Fsp3) is 0.562. The van der Waals surface area contributed by atoms with Crippen molar-refractivity contribution in [2.24, 2.45) is 10.7 Å². The first-order valence-corrected chi connectivity index (χ1v) is 8.29. The Morgan fingerprint density at radius 2 is 2.21 bits per heavy atom. The van der Waals surface area contributed by atoms with Gasteiger partial charge in [-0.15, -0.1) is 0 Å². The van der Waals surface area contributed by atoms with Crippen molar-refractivity contribution in [1.82, 2.24) is 15.1 Å². The molecule has 0 radical (unpaired) electrons. The van der Waals surface area contributed by atoms with Crippen LogP contribution in [0, 0.1) is 0 Å². The monoisotopic (exact) mass is 333 g/mol. The van der Waals surface area contributed by atoms with Gasteiger partial charge >= 0.3 is 0 Å². The maximum atomic E-state index is 12.3. The van der Waals surface area contributed by atoms with E-state index >= 15 is 0 Å². The number of nitrogens with two attached hydrogens (primary N) is 1. The molecule has 0 bridgehead atoms. The Morgan fingerprint density at radius 3 is 2.79 bits per heavy atom. The van der Waals surface area contributed by atoms with Crippen LogP contribution in [0.25, 0.3) is 0 Å². The second kappa shape index (κ2) is 6.94. The predicted molar refractivity (Wildman–Crippen MR) is 88.3 cm³/mol. The molecule has 8 heteroatoms. The molecule has 1 saturated heterocycles. The lowest BCUT2D eigenvalue weighted by Gasteiger charge is -2.36. The van der Waals surface area contributed by atoms with Gasteiger partial charge < -0.3 is 25.3 Å². The number of furan rings is 1. The average molecular weight is 333 g/mol. The van der Waals surface area contributed by atoms with Crippen molar-refractivity contribution in [3.63, 3.8) is 0 Å². The Kier molecular flexibility index (Phi) is 4.73. The molecule has 2 aliphatic rings. The molecule has 2 heterocycles. The molecule has 24 heavy (non-hydrogen) atoms. The fourth-order valence-electron chi connectivity index (χ4n) is 2.81. The van der Waals surface area contributed by atoms with Crippen molar-refractivity contribution in [3.05, 3.63) is 23.7 Å². The number of carbonyl (C=O) groups excluding carboxylic acids is 2. The molecule has 2 fully saturated rings. The number of primary amides is 1. The number of aliphatic imine (C=N–C) groups is 1. The number of piperazine rings is 1. The van der Waals surface area contributed by atoms with E-state index in [9.17, 15) is 9.59 Å². The van der Waals surface area contributed by atoms with Gasteiger partial charge in [0.05, 0.1) is 6.54 Å². The summed E-state index contributed by atoms with van der Waals surface area (Å²) in [6.45, 7) is 4.81. The van der Waals surface area contributed by atoms with Crippen LogP contribution in [0.3, 0.4) is 0 Å². The Labute approximate surface area is 140 Å². The summed E-state index contributed by atoms with van der Waals surface area (Å²) >= 11 is 0. The molecule has 8 nitrogen and oxygen atoms in total. The number of rotatable bonds is 5. The van der Waals surface area contributed by atoms with Gasteiger partial charge in [0, 0.05) is 25.7 Å². The van der Waals surface area contributed by atoms with Gasteiger partial charge in [-0.2, -0.15) is 0 Å². The van der Waals surface area contributed by atoms with Crippen molar-refractivity contribution in [2.75, 3.05) is 26.2 Å². The molecule has 1 aromatic heterocycles. The average Bonchev–Trinajstić information content (AvgIpc) is 3.28. The standard InChI is InChI=1S/C16H23N5O3/c1-2-18-16(19-9-12-5-6-13(24-12)15(17)23)20-7-8-21(11-3-4-11)14(22)10-20/h5-6,11H,2-4,7-10H2,1H3,(H2,17,23)(H,18,19). The van der Waals surface area contributed by atoms with Gasteiger partial charge in [0.15, 0.2) is 11.7 Å². The molecule has 3 N–H and O–H groups in total. The summed E-state index contributed by atoms with van der Waals surface area (Å²) in [5.41, 5.74) is 5.17. The Balaban J connectivity index is 1.64. The molecule has 2 amide bonds. The third-order valence-electron chi connectivity index (χ3n) is 4.17.